The number of aryl methyl sites for hydroxylation is 1. The molecule has 0 spiro atoms. The molecule has 1 unspecified atom stereocenters. The summed E-state index contributed by atoms with van der Waals surface area (Å²) in [5.74, 6) is 0. The molecule has 0 bridgehead atoms. The molecule has 16 heavy (non-hydrogen) atoms. The first-order valence-electron chi connectivity index (χ1n) is 5.14. The van der Waals surface area contributed by atoms with Crippen molar-refractivity contribution in [2.75, 3.05) is 0 Å². The highest BCUT2D eigenvalue weighted by Gasteiger charge is 2.07. The quantitative estimate of drug-likeness (QED) is 0.937. The van der Waals surface area contributed by atoms with Crippen LogP contribution in [0.15, 0.2) is 40.4 Å². The van der Waals surface area contributed by atoms with Gasteiger partial charge in [0.1, 0.15) is 0 Å². The Balaban J connectivity index is 1.95. The third-order valence-corrected chi connectivity index (χ3v) is 3.81. The van der Waals surface area contributed by atoms with Crippen molar-refractivity contribution in [1.29, 1.82) is 0 Å². The van der Waals surface area contributed by atoms with Crippen molar-refractivity contribution in [3.63, 3.8) is 0 Å². The van der Waals surface area contributed by atoms with Crippen LogP contribution in [0, 0.1) is 0 Å². The summed E-state index contributed by atoms with van der Waals surface area (Å²) in [6.07, 6.45) is 5.60. The summed E-state index contributed by atoms with van der Waals surface area (Å²) >= 11 is 5.19. The lowest BCUT2D eigenvalue weighted by molar-refractivity contribution is 0.652. The highest BCUT2D eigenvalue weighted by atomic mass is 79.9. The lowest BCUT2D eigenvalue weighted by Crippen LogP contribution is -2.11. The fourth-order valence-corrected chi connectivity index (χ4v) is 2.66. The van der Waals surface area contributed by atoms with E-state index in [1.165, 1.54) is 4.88 Å². The van der Waals surface area contributed by atoms with Crippen LogP contribution in [-0.2, 0) is 6.42 Å². The molecule has 2 rings (SSSR count). The molecule has 0 aliphatic carbocycles. The van der Waals surface area contributed by atoms with Crippen LogP contribution in [0.1, 0.15) is 22.9 Å². The van der Waals surface area contributed by atoms with E-state index in [-0.39, 0.29) is 6.04 Å². The van der Waals surface area contributed by atoms with E-state index in [4.69, 9.17) is 5.73 Å². The lowest BCUT2D eigenvalue weighted by atomic mass is 10.0. The monoisotopic (exact) mass is 296 g/mol. The number of hydrogen-bond acceptors (Lipinski definition) is 3. The van der Waals surface area contributed by atoms with Crippen molar-refractivity contribution in [1.82, 2.24) is 4.98 Å². The number of nitrogens with zero attached hydrogens (tertiary/aromatic N) is 1. The zero-order chi connectivity index (χ0) is 11.4. The first-order valence-corrected chi connectivity index (χ1v) is 6.81. The van der Waals surface area contributed by atoms with Crippen molar-refractivity contribution in [3.8, 4) is 0 Å². The molecule has 4 heteroatoms. The van der Waals surface area contributed by atoms with Crippen molar-refractivity contribution in [3.05, 3.63) is 50.9 Å². The molecule has 84 valence electrons. The zero-order valence-electron chi connectivity index (χ0n) is 8.77. The molecule has 2 aromatic rings. The number of aromatic nitrogens is 1. The minimum absolute atomic E-state index is 0.0621. The second kappa shape index (κ2) is 5.57. The number of hydrogen-bond donors (Lipinski definition) is 1. The van der Waals surface area contributed by atoms with Gasteiger partial charge < -0.3 is 5.73 Å². The third kappa shape index (κ3) is 3.14. The van der Waals surface area contributed by atoms with Gasteiger partial charge in [0.2, 0.25) is 0 Å². The van der Waals surface area contributed by atoms with Gasteiger partial charge in [0.05, 0.1) is 0 Å². The van der Waals surface area contributed by atoms with E-state index in [9.17, 15) is 0 Å². The van der Waals surface area contributed by atoms with Crippen molar-refractivity contribution >= 4 is 27.3 Å². The predicted octanol–water partition coefficient (Wildman–Crippen LogP) is 3.54. The minimum atomic E-state index is 0.0621. The van der Waals surface area contributed by atoms with Gasteiger partial charge >= 0.3 is 0 Å². The molecule has 0 saturated heterocycles. The summed E-state index contributed by atoms with van der Waals surface area (Å²) in [4.78, 5) is 5.51. The molecule has 0 fully saturated rings. The summed E-state index contributed by atoms with van der Waals surface area (Å²) in [6.45, 7) is 0. The number of nitrogens with two attached hydrogens (primary N) is 1. The summed E-state index contributed by atoms with van der Waals surface area (Å²) in [7, 11) is 0. The first-order chi connectivity index (χ1) is 7.75. The van der Waals surface area contributed by atoms with Gasteiger partial charge in [0.15, 0.2) is 0 Å². The Labute approximate surface area is 108 Å². The SMILES string of the molecule is NC(CCc1cccs1)c1cncc(Br)c1. The summed E-state index contributed by atoms with van der Waals surface area (Å²) in [5.41, 5.74) is 7.21. The van der Waals surface area contributed by atoms with Gasteiger partial charge in [-0.05, 0) is 51.8 Å². The van der Waals surface area contributed by atoms with E-state index in [2.05, 4.69) is 38.4 Å². The van der Waals surface area contributed by atoms with Crippen LogP contribution in [0.3, 0.4) is 0 Å². The zero-order valence-corrected chi connectivity index (χ0v) is 11.2. The number of pyridine rings is 1. The molecule has 2 aromatic heterocycles. The molecule has 0 aliphatic rings. The Bertz CT molecular complexity index is 442. The normalized spacial score (nSPS) is 12.6. The van der Waals surface area contributed by atoms with E-state index in [0.29, 0.717) is 0 Å². The first kappa shape index (κ1) is 11.8. The van der Waals surface area contributed by atoms with Crippen molar-refractivity contribution in [2.45, 2.75) is 18.9 Å². The second-order valence-corrected chi connectivity index (χ2v) is 5.61. The summed E-state index contributed by atoms with van der Waals surface area (Å²) in [5, 5.41) is 2.10. The van der Waals surface area contributed by atoms with Gasteiger partial charge in [-0.1, -0.05) is 6.07 Å². The molecule has 1 atom stereocenters. The van der Waals surface area contributed by atoms with E-state index in [1.807, 2.05) is 12.3 Å². The third-order valence-electron chi connectivity index (χ3n) is 2.44. The van der Waals surface area contributed by atoms with Crippen LogP contribution in [-0.4, -0.2) is 4.98 Å². The van der Waals surface area contributed by atoms with Crippen LogP contribution in [0.2, 0.25) is 0 Å². The highest BCUT2D eigenvalue weighted by molar-refractivity contribution is 9.10. The maximum Gasteiger partial charge on any atom is 0.0410 e. The Morgan fingerprint density at radius 3 is 3.00 bits per heavy atom. The topological polar surface area (TPSA) is 38.9 Å². The predicted molar refractivity (Wildman–Crippen MR) is 71.5 cm³/mol. The fraction of sp³-hybridized carbons (Fsp3) is 0.250. The van der Waals surface area contributed by atoms with Gasteiger partial charge in [-0.25, -0.2) is 0 Å². The van der Waals surface area contributed by atoms with Gasteiger partial charge in [0, 0.05) is 27.8 Å². The van der Waals surface area contributed by atoms with Crippen LogP contribution in [0.5, 0.6) is 0 Å². The van der Waals surface area contributed by atoms with Gasteiger partial charge in [-0.15, -0.1) is 11.3 Å². The van der Waals surface area contributed by atoms with Crippen LogP contribution >= 0.6 is 27.3 Å². The Kier molecular flexibility index (Phi) is 4.09. The Morgan fingerprint density at radius 2 is 2.31 bits per heavy atom. The van der Waals surface area contributed by atoms with Crippen LogP contribution in [0.25, 0.3) is 0 Å². The fourth-order valence-electron chi connectivity index (χ4n) is 1.55. The maximum absolute atomic E-state index is 6.12. The average molecular weight is 297 g/mol. The van der Waals surface area contributed by atoms with Crippen LogP contribution in [0.4, 0.5) is 0 Å². The van der Waals surface area contributed by atoms with Gasteiger partial charge in [-0.2, -0.15) is 0 Å². The molecular formula is C12H13BrN2S. The molecule has 2 heterocycles. The molecule has 2 N–H and O–H groups in total. The van der Waals surface area contributed by atoms with Crippen molar-refractivity contribution in [2.24, 2.45) is 5.73 Å². The molecule has 0 amide bonds. The van der Waals surface area contributed by atoms with E-state index in [0.717, 1.165) is 22.9 Å². The number of halogens is 1. The van der Waals surface area contributed by atoms with Crippen LogP contribution < -0.4 is 5.73 Å². The summed E-state index contributed by atoms with van der Waals surface area (Å²) in [6, 6.07) is 6.32. The van der Waals surface area contributed by atoms with E-state index >= 15 is 0 Å². The minimum Gasteiger partial charge on any atom is -0.324 e. The van der Waals surface area contributed by atoms with Gasteiger partial charge in [-0.3, -0.25) is 4.98 Å². The second-order valence-electron chi connectivity index (χ2n) is 3.66. The lowest BCUT2D eigenvalue weighted by Gasteiger charge is -2.10. The standard InChI is InChI=1S/C12H13BrN2S/c13-10-6-9(7-15-8-10)12(14)4-3-11-2-1-5-16-11/h1-2,5-8,12H,3-4,14H2. The molecular weight excluding hydrogens is 284 g/mol. The number of thiophene rings is 1. The molecule has 0 aliphatic heterocycles. The summed E-state index contributed by atoms with van der Waals surface area (Å²) < 4.78 is 0.983. The molecule has 0 radical (unpaired) electrons. The molecule has 0 saturated carbocycles. The molecule has 2 nitrogen and oxygen atoms in total. The average Bonchev–Trinajstić information content (AvgIpc) is 2.78. The smallest absolute Gasteiger partial charge is 0.0410 e. The Morgan fingerprint density at radius 1 is 1.44 bits per heavy atom. The maximum atomic E-state index is 6.12. The number of rotatable bonds is 4. The van der Waals surface area contributed by atoms with Crippen molar-refractivity contribution < 1.29 is 0 Å². The van der Waals surface area contributed by atoms with E-state index < -0.39 is 0 Å². The Hall–Kier alpha value is -0.710. The highest BCUT2D eigenvalue weighted by Crippen LogP contribution is 2.20. The van der Waals surface area contributed by atoms with Gasteiger partial charge in [0.25, 0.3) is 0 Å². The largest absolute Gasteiger partial charge is 0.324 e. The molecule has 0 aromatic carbocycles. The van der Waals surface area contributed by atoms with E-state index in [1.54, 1.807) is 17.5 Å².